The Bertz CT molecular complexity index is 402. The molecule has 1 aromatic carbocycles. The minimum Gasteiger partial charge on any atom is -0.468 e. The van der Waals surface area contributed by atoms with Crippen LogP contribution in [0.5, 0.6) is 0 Å². The smallest absolute Gasteiger partial charge is 0.319 e. The maximum Gasteiger partial charge on any atom is 0.319 e. The Morgan fingerprint density at radius 3 is 2.75 bits per heavy atom. The van der Waals surface area contributed by atoms with Crippen molar-refractivity contribution in [1.29, 1.82) is 0 Å². The van der Waals surface area contributed by atoms with Crippen molar-refractivity contribution >= 4 is 5.97 Å². The third kappa shape index (κ3) is 1.04. The Morgan fingerprint density at radius 1 is 1.44 bits per heavy atom. The van der Waals surface area contributed by atoms with Gasteiger partial charge in [0, 0.05) is 12.5 Å². The number of rotatable bonds is 2. The molecule has 0 amide bonds. The molecule has 2 fully saturated rings. The Balaban J connectivity index is 2.03. The van der Waals surface area contributed by atoms with Crippen molar-refractivity contribution in [3.63, 3.8) is 0 Å². The Hall–Kier alpha value is -1.35. The van der Waals surface area contributed by atoms with Crippen LogP contribution in [0.25, 0.3) is 0 Å². The lowest BCUT2D eigenvalue weighted by Gasteiger charge is -2.18. The summed E-state index contributed by atoms with van der Waals surface area (Å²) in [6.07, 6.45) is 0.983. The molecule has 3 nitrogen and oxygen atoms in total. The van der Waals surface area contributed by atoms with Crippen molar-refractivity contribution in [3.8, 4) is 0 Å². The topological polar surface area (TPSA) is 35.5 Å². The fourth-order valence-electron chi connectivity index (χ4n) is 3.02. The molecule has 1 aromatic rings. The predicted molar refractivity (Wildman–Crippen MR) is 58.0 cm³/mol. The number of methoxy groups -OCH3 is 1. The van der Waals surface area contributed by atoms with Crippen molar-refractivity contribution in [1.82, 2.24) is 0 Å². The third-order valence-corrected chi connectivity index (χ3v) is 3.79. The molecule has 1 heterocycles. The summed E-state index contributed by atoms with van der Waals surface area (Å²) >= 11 is 0. The fraction of sp³-hybridized carbons (Fsp3) is 0.462. The van der Waals surface area contributed by atoms with Crippen molar-refractivity contribution in [2.45, 2.75) is 17.9 Å². The number of carbonyl (C=O) groups excluding carboxylic acids is 1. The Labute approximate surface area is 94.4 Å². The monoisotopic (exact) mass is 218 g/mol. The lowest BCUT2D eigenvalue weighted by atomic mass is 9.91. The first-order chi connectivity index (χ1) is 7.81. The maximum absolute atomic E-state index is 12.0. The second kappa shape index (κ2) is 3.32. The average molecular weight is 218 g/mol. The Morgan fingerprint density at radius 2 is 2.19 bits per heavy atom. The number of ether oxygens (including phenoxy) is 2. The lowest BCUT2D eigenvalue weighted by Crippen LogP contribution is -2.29. The van der Waals surface area contributed by atoms with E-state index in [9.17, 15) is 4.79 Å². The molecular formula is C13H14O3. The number of benzene rings is 1. The first-order valence-corrected chi connectivity index (χ1v) is 5.57. The number of fused-ring (bicyclic) bond motifs is 1. The van der Waals surface area contributed by atoms with Crippen LogP contribution in [0.3, 0.4) is 0 Å². The molecular weight excluding hydrogens is 204 g/mol. The van der Waals surface area contributed by atoms with Crippen LogP contribution in [0.2, 0.25) is 0 Å². The van der Waals surface area contributed by atoms with Gasteiger partial charge in [0.25, 0.3) is 0 Å². The molecule has 0 radical (unpaired) electrons. The number of hydrogen-bond acceptors (Lipinski definition) is 3. The molecule has 3 atom stereocenters. The first-order valence-electron chi connectivity index (χ1n) is 5.57. The van der Waals surface area contributed by atoms with E-state index in [2.05, 4.69) is 0 Å². The van der Waals surface area contributed by atoms with Crippen LogP contribution in [0.15, 0.2) is 30.3 Å². The molecule has 1 aliphatic carbocycles. The van der Waals surface area contributed by atoms with Crippen LogP contribution in [-0.4, -0.2) is 25.8 Å². The highest BCUT2D eigenvalue weighted by atomic mass is 16.5. The summed E-state index contributed by atoms with van der Waals surface area (Å²) in [7, 11) is 1.45. The van der Waals surface area contributed by atoms with E-state index < -0.39 is 5.41 Å². The number of carbonyl (C=O) groups is 1. The van der Waals surface area contributed by atoms with Crippen LogP contribution in [0.4, 0.5) is 0 Å². The summed E-state index contributed by atoms with van der Waals surface area (Å²) in [6.45, 7) is 0.765. The molecule has 3 rings (SSSR count). The van der Waals surface area contributed by atoms with Crippen molar-refractivity contribution in [2.24, 2.45) is 5.92 Å². The summed E-state index contributed by atoms with van der Waals surface area (Å²) < 4.78 is 10.6. The SMILES string of the molecule is COC(=O)[C@]1(c2ccccc2)C2CCOC21. The number of hydrogen-bond donors (Lipinski definition) is 0. The van der Waals surface area contributed by atoms with Gasteiger partial charge in [0.05, 0.1) is 13.2 Å². The van der Waals surface area contributed by atoms with E-state index >= 15 is 0 Å². The van der Waals surface area contributed by atoms with E-state index in [-0.39, 0.29) is 12.1 Å². The summed E-state index contributed by atoms with van der Waals surface area (Å²) in [4.78, 5) is 12.0. The van der Waals surface area contributed by atoms with Gasteiger partial charge in [-0.05, 0) is 12.0 Å². The molecule has 2 aliphatic rings. The molecule has 0 bridgehead atoms. The Kier molecular flexibility index (Phi) is 2.04. The van der Waals surface area contributed by atoms with Gasteiger partial charge in [-0.25, -0.2) is 0 Å². The van der Waals surface area contributed by atoms with Gasteiger partial charge in [0.15, 0.2) is 0 Å². The zero-order valence-corrected chi connectivity index (χ0v) is 9.18. The second-order valence-electron chi connectivity index (χ2n) is 4.41. The second-order valence-corrected chi connectivity index (χ2v) is 4.41. The van der Waals surface area contributed by atoms with Crippen molar-refractivity contribution in [2.75, 3.05) is 13.7 Å². The van der Waals surface area contributed by atoms with Crippen molar-refractivity contribution < 1.29 is 14.3 Å². The van der Waals surface area contributed by atoms with Gasteiger partial charge in [-0.15, -0.1) is 0 Å². The molecule has 1 saturated heterocycles. The average Bonchev–Trinajstić information content (AvgIpc) is 2.72. The van der Waals surface area contributed by atoms with Gasteiger partial charge >= 0.3 is 5.97 Å². The summed E-state index contributed by atoms with van der Waals surface area (Å²) in [5, 5.41) is 0. The highest BCUT2D eigenvalue weighted by Crippen LogP contribution is 2.61. The van der Waals surface area contributed by atoms with E-state index in [0.29, 0.717) is 5.92 Å². The molecule has 84 valence electrons. The minimum atomic E-state index is -0.520. The van der Waals surface area contributed by atoms with E-state index in [1.807, 2.05) is 30.3 Å². The third-order valence-electron chi connectivity index (χ3n) is 3.79. The van der Waals surface area contributed by atoms with Gasteiger partial charge in [0.1, 0.15) is 5.41 Å². The highest BCUT2D eigenvalue weighted by Gasteiger charge is 2.74. The summed E-state index contributed by atoms with van der Waals surface area (Å²) in [6, 6.07) is 9.83. The summed E-state index contributed by atoms with van der Waals surface area (Å²) in [5.74, 6) is 0.149. The van der Waals surface area contributed by atoms with Crippen molar-refractivity contribution in [3.05, 3.63) is 35.9 Å². The molecule has 0 aromatic heterocycles. The van der Waals surface area contributed by atoms with Crippen LogP contribution in [0.1, 0.15) is 12.0 Å². The summed E-state index contributed by atoms with van der Waals surface area (Å²) in [5.41, 5.74) is 0.505. The lowest BCUT2D eigenvalue weighted by molar-refractivity contribution is -0.146. The van der Waals surface area contributed by atoms with Gasteiger partial charge in [-0.2, -0.15) is 0 Å². The zero-order valence-electron chi connectivity index (χ0n) is 9.18. The van der Waals surface area contributed by atoms with Gasteiger partial charge in [-0.1, -0.05) is 30.3 Å². The molecule has 0 spiro atoms. The minimum absolute atomic E-state index is 0.0300. The molecule has 3 heteroatoms. The molecule has 2 unspecified atom stereocenters. The molecule has 16 heavy (non-hydrogen) atoms. The number of esters is 1. The largest absolute Gasteiger partial charge is 0.468 e. The normalized spacial score (nSPS) is 35.6. The fourth-order valence-corrected chi connectivity index (χ4v) is 3.02. The van der Waals surface area contributed by atoms with Gasteiger partial charge < -0.3 is 9.47 Å². The van der Waals surface area contributed by atoms with Gasteiger partial charge in [-0.3, -0.25) is 4.79 Å². The van der Waals surface area contributed by atoms with Crippen LogP contribution in [-0.2, 0) is 19.7 Å². The maximum atomic E-state index is 12.0. The van der Waals surface area contributed by atoms with E-state index in [1.54, 1.807) is 0 Å². The first kappa shape index (κ1) is 9.85. The predicted octanol–water partition coefficient (Wildman–Crippen LogP) is 1.52. The van der Waals surface area contributed by atoms with Crippen LogP contribution < -0.4 is 0 Å². The molecule has 1 aliphatic heterocycles. The van der Waals surface area contributed by atoms with Crippen LogP contribution >= 0.6 is 0 Å². The van der Waals surface area contributed by atoms with Gasteiger partial charge in [0.2, 0.25) is 0 Å². The molecule has 1 saturated carbocycles. The molecule has 0 N–H and O–H groups in total. The zero-order chi connectivity index (χ0) is 11.2. The standard InChI is InChI=1S/C13H14O3/c1-15-12(14)13(9-5-3-2-4-6-9)10-7-8-16-11(10)13/h2-6,10-11H,7-8H2,1H3/t10?,11?,13-/m1/s1. The van der Waals surface area contributed by atoms with E-state index in [4.69, 9.17) is 9.47 Å². The van der Waals surface area contributed by atoms with E-state index in [0.717, 1.165) is 18.6 Å². The van der Waals surface area contributed by atoms with Crippen LogP contribution in [0, 0.1) is 5.92 Å². The van der Waals surface area contributed by atoms with E-state index in [1.165, 1.54) is 7.11 Å². The highest BCUT2D eigenvalue weighted by molar-refractivity contribution is 5.89. The quantitative estimate of drug-likeness (QED) is 0.706.